The van der Waals surface area contributed by atoms with Gasteiger partial charge in [0, 0.05) is 0 Å². The molecule has 4 nitrogen and oxygen atoms in total. The highest BCUT2D eigenvalue weighted by molar-refractivity contribution is 7.80. The molecule has 0 bridgehead atoms. The Morgan fingerprint density at radius 1 is 1.27 bits per heavy atom. The van der Waals surface area contributed by atoms with Gasteiger partial charge in [-0.3, -0.25) is 9.69 Å². The van der Waals surface area contributed by atoms with E-state index >= 15 is 0 Å². The molecule has 1 saturated heterocycles. The summed E-state index contributed by atoms with van der Waals surface area (Å²) < 4.78 is 5.19. The molecule has 1 aromatic carbocycles. The summed E-state index contributed by atoms with van der Waals surface area (Å²) in [5, 5.41) is 3.32. The van der Waals surface area contributed by atoms with Crippen molar-refractivity contribution < 1.29 is 9.21 Å². The van der Waals surface area contributed by atoms with E-state index in [1.807, 2.05) is 37.3 Å². The lowest BCUT2D eigenvalue weighted by atomic mass is 10.2. The van der Waals surface area contributed by atoms with Gasteiger partial charge in [0.15, 0.2) is 5.11 Å². The van der Waals surface area contributed by atoms with Gasteiger partial charge in [-0.2, -0.15) is 0 Å². The van der Waals surface area contributed by atoms with Crippen molar-refractivity contribution in [3.05, 3.63) is 71.8 Å². The number of rotatable bonds is 3. The van der Waals surface area contributed by atoms with Crippen molar-refractivity contribution in [3.8, 4) is 0 Å². The van der Waals surface area contributed by atoms with Crippen LogP contribution < -0.4 is 10.2 Å². The van der Waals surface area contributed by atoms with Crippen LogP contribution in [0.1, 0.15) is 11.3 Å². The van der Waals surface area contributed by atoms with Gasteiger partial charge in [0.05, 0.1) is 12.0 Å². The maximum Gasteiger partial charge on any atom is 0.281 e. The number of allylic oxidation sites excluding steroid dienone is 2. The summed E-state index contributed by atoms with van der Waals surface area (Å²) in [6.07, 6.45) is 6.81. The third kappa shape index (κ3) is 2.84. The lowest BCUT2D eigenvalue weighted by molar-refractivity contribution is -0.113. The molecule has 3 rings (SSSR count). The van der Waals surface area contributed by atoms with E-state index in [1.54, 1.807) is 30.6 Å². The van der Waals surface area contributed by atoms with Gasteiger partial charge < -0.3 is 9.73 Å². The predicted octanol–water partition coefficient (Wildman–Crippen LogP) is 3.41. The van der Waals surface area contributed by atoms with E-state index in [0.717, 1.165) is 17.0 Å². The quantitative estimate of drug-likeness (QED) is 0.697. The van der Waals surface area contributed by atoms with Gasteiger partial charge in [-0.05, 0) is 61.1 Å². The molecular formula is C17H14N2O2S. The number of benzene rings is 1. The Labute approximate surface area is 133 Å². The molecule has 1 aliphatic rings. The van der Waals surface area contributed by atoms with E-state index in [0.29, 0.717) is 10.8 Å². The molecule has 1 aromatic heterocycles. The highest BCUT2D eigenvalue weighted by atomic mass is 32.1. The molecule has 2 aromatic rings. The van der Waals surface area contributed by atoms with Gasteiger partial charge in [0.1, 0.15) is 11.5 Å². The van der Waals surface area contributed by atoms with Crippen LogP contribution in [0.15, 0.2) is 64.9 Å². The Morgan fingerprint density at radius 2 is 2.14 bits per heavy atom. The number of nitrogens with one attached hydrogen (secondary N) is 1. The van der Waals surface area contributed by atoms with Crippen LogP contribution in [0.2, 0.25) is 0 Å². The number of furan rings is 1. The first-order valence-electron chi connectivity index (χ1n) is 6.79. The fourth-order valence-corrected chi connectivity index (χ4v) is 2.48. The fraction of sp³-hybridized carbons (Fsp3) is 0.0588. The first kappa shape index (κ1) is 14.3. The minimum atomic E-state index is -0.167. The molecule has 0 unspecified atom stereocenters. The van der Waals surface area contributed by atoms with Crippen LogP contribution in [-0.4, -0.2) is 11.0 Å². The molecular weight excluding hydrogens is 296 g/mol. The smallest absolute Gasteiger partial charge is 0.281 e. The van der Waals surface area contributed by atoms with Crippen molar-refractivity contribution in [2.75, 3.05) is 4.90 Å². The van der Waals surface area contributed by atoms with E-state index in [1.165, 1.54) is 4.90 Å². The Kier molecular flexibility index (Phi) is 3.89. The summed E-state index contributed by atoms with van der Waals surface area (Å²) in [6, 6.07) is 11.3. The van der Waals surface area contributed by atoms with Gasteiger partial charge in [0.25, 0.3) is 5.91 Å². The van der Waals surface area contributed by atoms with Crippen LogP contribution in [-0.2, 0) is 4.79 Å². The fourth-order valence-electron chi connectivity index (χ4n) is 2.18. The maximum absolute atomic E-state index is 12.5. The van der Waals surface area contributed by atoms with Crippen LogP contribution in [0, 0.1) is 6.92 Å². The van der Waals surface area contributed by atoms with Gasteiger partial charge in [-0.1, -0.05) is 18.2 Å². The molecule has 1 amide bonds. The Bertz CT molecular complexity index is 776. The maximum atomic E-state index is 12.5. The standard InChI is InChI=1S/C17H14N2O2S/c1-12-5-2-6-13(11-12)19-16(20)15(18-17(19)22)9-3-7-14-8-4-10-21-14/h2-11H,1H3,(H,18,22)/b7-3+,15-9+. The number of aryl methyl sites for hydroxylation is 1. The number of anilines is 1. The molecule has 2 heterocycles. The topological polar surface area (TPSA) is 45.5 Å². The van der Waals surface area contributed by atoms with Crippen LogP contribution in [0.3, 0.4) is 0 Å². The Hall–Kier alpha value is -2.66. The SMILES string of the molecule is Cc1cccc(N2C(=O)/C(=C\C=C\c3ccco3)NC2=S)c1. The van der Waals surface area contributed by atoms with E-state index < -0.39 is 0 Å². The third-order valence-electron chi connectivity index (χ3n) is 3.20. The molecule has 5 heteroatoms. The zero-order valence-corrected chi connectivity index (χ0v) is 12.8. The molecule has 0 radical (unpaired) electrons. The highest BCUT2D eigenvalue weighted by Gasteiger charge is 2.31. The lowest BCUT2D eigenvalue weighted by Crippen LogP contribution is -2.30. The van der Waals surface area contributed by atoms with Crippen molar-refractivity contribution in [1.82, 2.24) is 5.32 Å². The van der Waals surface area contributed by atoms with E-state index in [2.05, 4.69) is 5.32 Å². The second-order valence-electron chi connectivity index (χ2n) is 4.86. The van der Waals surface area contributed by atoms with Crippen molar-refractivity contribution in [2.24, 2.45) is 0 Å². The van der Waals surface area contributed by atoms with Crippen molar-refractivity contribution in [1.29, 1.82) is 0 Å². The summed E-state index contributed by atoms with van der Waals surface area (Å²) in [5.41, 5.74) is 2.28. The molecule has 1 fully saturated rings. The van der Waals surface area contributed by atoms with Crippen LogP contribution in [0.4, 0.5) is 5.69 Å². The molecule has 0 spiro atoms. The van der Waals surface area contributed by atoms with Crippen LogP contribution >= 0.6 is 12.2 Å². The second kappa shape index (κ2) is 5.99. The Morgan fingerprint density at radius 3 is 2.86 bits per heavy atom. The first-order valence-corrected chi connectivity index (χ1v) is 7.20. The second-order valence-corrected chi connectivity index (χ2v) is 5.25. The monoisotopic (exact) mass is 310 g/mol. The molecule has 0 aliphatic carbocycles. The van der Waals surface area contributed by atoms with E-state index in [9.17, 15) is 4.79 Å². The molecule has 1 N–H and O–H groups in total. The normalized spacial score (nSPS) is 16.8. The third-order valence-corrected chi connectivity index (χ3v) is 3.49. The van der Waals surface area contributed by atoms with Crippen molar-refractivity contribution in [3.63, 3.8) is 0 Å². The van der Waals surface area contributed by atoms with Gasteiger partial charge >= 0.3 is 0 Å². The highest BCUT2D eigenvalue weighted by Crippen LogP contribution is 2.22. The molecule has 22 heavy (non-hydrogen) atoms. The number of nitrogens with zero attached hydrogens (tertiary/aromatic N) is 1. The predicted molar refractivity (Wildman–Crippen MR) is 90.2 cm³/mol. The number of carbonyl (C=O) groups excluding carboxylic acids is 1. The average Bonchev–Trinajstić information content (AvgIpc) is 3.08. The van der Waals surface area contributed by atoms with Gasteiger partial charge in [-0.15, -0.1) is 0 Å². The number of amides is 1. The summed E-state index contributed by atoms with van der Waals surface area (Å²) in [4.78, 5) is 14.0. The molecule has 1 aliphatic heterocycles. The van der Waals surface area contributed by atoms with E-state index in [-0.39, 0.29) is 5.91 Å². The molecule has 110 valence electrons. The number of hydrogen-bond donors (Lipinski definition) is 1. The van der Waals surface area contributed by atoms with Gasteiger partial charge in [0.2, 0.25) is 0 Å². The number of thiocarbonyl (C=S) groups is 1. The summed E-state index contributed by atoms with van der Waals surface area (Å²) in [7, 11) is 0. The van der Waals surface area contributed by atoms with Crippen LogP contribution in [0.25, 0.3) is 6.08 Å². The zero-order valence-electron chi connectivity index (χ0n) is 11.9. The average molecular weight is 310 g/mol. The van der Waals surface area contributed by atoms with Gasteiger partial charge in [-0.25, -0.2) is 0 Å². The minimum absolute atomic E-state index is 0.167. The van der Waals surface area contributed by atoms with Crippen LogP contribution in [0.5, 0.6) is 0 Å². The minimum Gasteiger partial charge on any atom is -0.465 e. The summed E-state index contributed by atoms with van der Waals surface area (Å²) in [6.45, 7) is 1.98. The van der Waals surface area contributed by atoms with Crippen molar-refractivity contribution >= 4 is 35.0 Å². The summed E-state index contributed by atoms with van der Waals surface area (Å²) in [5.74, 6) is 0.556. The Balaban J connectivity index is 1.82. The molecule has 0 saturated carbocycles. The number of hydrogen-bond acceptors (Lipinski definition) is 3. The first-order chi connectivity index (χ1) is 10.6. The largest absolute Gasteiger partial charge is 0.465 e. The summed E-state index contributed by atoms with van der Waals surface area (Å²) >= 11 is 5.26. The number of carbonyl (C=O) groups is 1. The lowest BCUT2D eigenvalue weighted by Gasteiger charge is -2.14. The van der Waals surface area contributed by atoms with Crippen molar-refractivity contribution in [2.45, 2.75) is 6.92 Å². The molecule has 0 atom stereocenters. The zero-order chi connectivity index (χ0) is 15.5. The van der Waals surface area contributed by atoms with E-state index in [4.69, 9.17) is 16.6 Å².